The Hall–Kier alpha value is -3.74. The maximum absolute atomic E-state index is 9.17. The summed E-state index contributed by atoms with van der Waals surface area (Å²) in [6.45, 7) is 0. The molecule has 36 heavy (non-hydrogen) atoms. The minimum absolute atomic E-state index is 0.0753. The molecule has 180 valence electrons. The van der Waals surface area contributed by atoms with Crippen molar-refractivity contribution in [2.75, 3.05) is 0 Å². The first-order valence-electron chi connectivity index (χ1n) is 11.0. The van der Waals surface area contributed by atoms with Gasteiger partial charge in [0.05, 0.1) is 0 Å². The van der Waals surface area contributed by atoms with Crippen molar-refractivity contribution in [1.29, 1.82) is 0 Å². The number of hydrogen-bond donors (Lipinski definition) is 4. The van der Waals surface area contributed by atoms with E-state index >= 15 is 0 Å². The molecule has 0 saturated heterocycles. The van der Waals surface area contributed by atoms with Crippen molar-refractivity contribution < 1.29 is 20.4 Å². The van der Waals surface area contributed by atoms with Gasteiger partial charge in [0.25, 0.3) is 0 Å². The van der Waals surface area contributed by atoms with Crippen LogP contribution in [0.4, 0.5) is 0 Å². The van der Waals surface area contributed by atoms with Crippen molar-refractivity contribution in [1.82, 2.24) is 0 Å². The van der Waals surface area contributed by atoms with Gasteiger partial charge < -0.3 is 20.4 Å². The highest BCUT2D eigenvalue weighted by atomic mass is 79.9. The zero-order valence-corrected chi connectivity index (χ0v) is 22.1. The third kappa shape index (κ3) is 5.56. The van der Waals surface area contributed by atoms with Gasteiger partial charge >= 0.3 is 0 Å². The highest BCUT2D eigenvalue weighted by Crippen LogP contribution is 2.38. The molecule has 4 nitrogen and oxygen atoms in total. The van der Waals surface area contributed by atoms with Gasteiger partial charge in [-0.1, -0.05) is 84.9 Å². The quantitative estimate of drug-likeness (QED) is 0.103. The Morgan fingerprint density at radius 2 is 0.639 bits per heavy atom. The fourth-order valence-corrected chi connectivity index (χ4v) is 5.09. The first-order chi connectivity index (χ1) is 17.4. The Labute approximate surface area is 225 Å². The average molecular weight is 606 g/mol. The lowest BCUT2D eigenvalue weighted by molar-refractivity contribution is 0.404. The molecular weight excluding hydrogens is 584 g/mol. The summed E-state index contributed by atoms with van der Waals surface area (Å²) in [6.07, 6.45) is 0. The third-order valence-corrected chi connectivity index (χ3v) is 7.23. The van der Waals surface area contributed by atoms with Gasteiger partial charge in [0.1, 0.15) is 0 Å². The number of benzene rings is 6. The molecule has 0 atom stereocenters. The van der Waals surface area contributed by atoms with Crippen LogP contribution in [0, 0.1) is 0 Å². The summed E-state index contributed by atoms with van der Waals surface area (Å²) in [5.41, 5.74) is 0. The minimum atomic E-state index is -0.0764. The molecule has 6 aromatic rings. The summed E-state index contributed by atoms with van der Waals surface area (Å²) in [5.74, 6) is -0.303. The van der Waals surface area contributed by atoms with E-state index in [1.165, 1.54) is 42.6 Å². The van der Waals surface area contributed by atoms with Gasteiger partial charge in [-0.2, -0.15) is 0 Å². The van der Waals surface area contributed by atoms with Crippen LogP contribution in [0.15, 0.2) is 118 Å². The molecule has 0 amide bonds. The number of phenols is 4. The second-order valence-electron chi connectivity index (χ2n) is 7.90. The van der Waals surface area contributed by atoms with Crippen LogP contribution in [0.2, 0.25) is 0 Å². The smallest absolute Gasteiger partial charge is 0.158 e. The molecule has 0 fully saturated rings. The van der Waals surface area contributed by atoms with Crippen molar-refractivity contribution in [2.24, 2.45) is 0 Å². The van der Waals surface area contributed by atoms with Crippen LogP contribution in [0.1, 0.15) is 0 Å². The van der Waals surface area contributed by atoms with Crippen LogP contribution in [0.25, 0.3) is 32.3 Å². The number of para-hydroxylation sites is 2. The van der Waals surface area contributed by atoms with E-state index in [2.05, 4.69) is 80.4 Å². The third-order valence-electron chi connectivity index (χ3n) is 5.52. The number of hydrogen-bond acceptors (Lipinski definition) is 4. The fourth-order valence-electron chi connectivity index (χ4n) is 3.70. The van der Waals surface area contributed by atoms with E-state index < -0.39 is 0 Å². The maximum Gasteiger partial charge on any atom is 0.158 e. The summed E-state index contributed by atoms with van der Waals surface area (Å²) in [4.78, 5) is 0. The Bertz CT molecular complexity index is 1490. The van der Waals surface area contributed by atoms with Crippen LogP contribution in [-0.2, 0) is 0 Å². The molecule has 0 spiro atoms. The van der Waals surface area contributed by atoms with Crippen molar-refractivity contribution in [3.8, 4) is 23.0 Å². The molecule has 6 aromatic carbocycles. The standard InChI is InChI=1S/C14H8Br2.C10H8O2.C6H6O2/c15-13-9-5-1-2-6-10(9)14(16)12-8-4-3-7-11(12)13;11-9-5-7-3-1-2-4-8(7)6-10(9)12;7-5-3-1-2-4-6(5)8/h1-8H;1-6,11-12H;1-4,7-8H. The Balaban J connectivity index is 0.000000135. The topological polar surface area (TPSA) is 80.9 Å². The van der Waals surface area contributed by atoms with Crippen LogP contribution >= 0.6 is 31.9 Å². The zero-order valence-electron chi connectivity index (χ0n) is 18.9. The molecule has 0 radical (unpaired) electrons. The van der Waals surface area contributed by atoms with E-state index in [1.807, 2.05) is 24.3 Å². The molecule has 6 rings (SSSR count). The first-order valence-corrected chi connectivity index (χ1v) is 12.6. The highest BCUT2D eigenvalue weighted by Gasteiger charge is 2.09. The second-order valence-corrected chi connectivity index (χ2v) is 9.48. The summed E-state index contributed by atoms with van der Waals surface area (Å²) in [7, 11) is 0. The molecule has 0 aliphatic heterocycles. The van der Waals surface area contributed by atoms with Crippen molar-refractivity contribution >= 4 is 64.2 Å². The van der Waals surface area contributed by atoms with E-state index in [9.17, 15) is 0 Å². The lowest BCUT2D eigenvalue weighted by Crippen LogP contribution is -1.81. The number of aromatic hydroxyl groups is 4. The van der Waals surface area contributed by atoms with Crippen LogP contribution in [-0.4, -0.2) is 20.4 Å². The lowest BCUT2D eigenvalue weighted by atomic mass is 10.0. The molecule has 0 heterocycles. The lowest BCUT2D eigenvalue weighted by Gasteiger charge is -2.09. The number of fused-ring (bicyclic) bond motifs is 3. The molecule has 0 saturated carbocycles. The highest BCUT2D eigenvalue weighted by molar-refractivity contribution is 9.11. The largest absolute Gasteiger partial charge is 0.504 e. The van der Waals surface area contributed by atoms with Crippen LogP contribution in [0.5, 0.6) is 23.0 Å². The molecule has 0 aromatic heterocycles. The Morgan fingerprint density at radius 1 is 0.361 bits per heavy atom. The van der Waals surface area contributed by atoms with Gasteiger partial charge in [-0.25, -0.2) is 0 Å². The Kier molecular flexibility index (Phi) is 7.98. The minimum Gasteiger partial charge on any atom is -0.504 e. The Morgan fingerprint density at radius 3 is 0.944 bits per heavy atom. The summed E-state index contributed by atoms with van der Waals surface area (Å²) >= 11 is 7.39. The maximum atomic E-state index is 9.17. The summed E-state index contributed by atoms with van der Waals surface area (Å²) in [5, 5.41) is 42.5. The average Bonchev–Trinajstić information content (AvgIpc) is 2.90. The zero-order chi connectivity index (χ0) is 25.7. The molecular formula is C30H22Br2O4. The summed E-state index contributed by atoms with van der Waals surface area (Å²) in [6, 6.07) is 33.6. The predicted octanol–water partition coefficient (Wildman–Crippen LogP) is 8.87. The van der Waals surface area contributed by atoms with Crippen molar-refractivity contribution in [3.63, 3.8) is 0 Å². The fraction of sp³-hybridized carbons (Fsp3) is 0. The normalized spacial score (nSPS) is 10.4. The number of rotatable bonds is 0. The monoisotopic (exact) mass is 604 g/mol. The number of halogens is 2. The summed E-state index contributed by atoms with van der Waals surface area (Å²) < 4.78 is 2.34. The molecule has 0 aliphatic rings. The van der Waals surface area contributed by atoms with E-state index in [-0.39, 0.29) is 23.0 Å². The molecule has 0 aliphatic carbocycles. The second kappa shape index (κ2) is 11.3. The molecule has 4 N–H and O–H groups in total. The number of phenolic OH excluding ortho intramolecular Hbond substituents is 4. The van der Waals surface area contributed by atoms with E-state index in [0.29, 0.717) is 0 Å². The molecule has 0 bridgehead atoms. The van der Waals surface area contributed by atoms with Gasteiger partial charge in [-0.15, -0.1) is 0 Å². The van der Waals surface area contributed by atoms with E-state index in [0.717, 1.165) is 10.8 Å². The molecule has 6 heteroatoms. The van der Waals surface area contributed by atoms with Crippen molar-refractivity contribution in [3.05, 3.63) is 118 Å². The van der Waals surface area contributed by atoms with Gasteiger partial charge in [-0.3, -0.25) is 0 Å². The van der Waals surface area contributed by atoms with E-state index in [1.54, 1.807) is 24.3 Å². The first kappa shape index (κ1) is 25.4. The van der Waals surface area contributed by atoms with Crippen LogP contribution < -0.4 is 0 Å². The van der Waals surface area contributed by atoms with E-state index in [4.69, 9.17) is 20.4 Å². The van der Waals surface area contributed by atoms with Crippen molar-refractivity contribution in [2.45, 2.75) is 0 Å². The predicted molar refractivity (Wildman–Crippen MR) is 154 cm³/mol. The van der Waals surface area contributed by atoms with Gasteiger partial charge in [0.15, 0.2) is 23.0 Å². The van der Waals surface area contributed by atoms with Gasteiger partial charge in [0, 0.05) is 8.95 Å². The van der Waals surface area contributed by atoms with Gasteiger partial charge in [-0.05, 0) is 88.4 Å². The SMILES string of the molecule is Brc1c2ccccc2c(Br)c2ccccc12.Oc1cc2ccccc2cc1O.Oc1ccccc1O. The van der Waals surface area contributed by atoms with Gasteiger partial charge in [0.2, 0.25) is 0 Å². The van der Waals surface area contributed by atoms with Crippen LogP contribution in [0.3, 0.4) is 0 Å². The molecule has 0 unspecified atom stereocenters.